The van der Waals surface area contributed by atoms with Gasteiger partial charge >= 0.3 is 102 Å². The van der Waals surface area contributed by atoms with E-state index in [1.165, 1.54) is 4.35 Å². The second-order valence-electron chi connectivity index (χ2n) is 3.94. The van der Waals surface area contributed by atoms with Crippen LogP contribution in [0, 0.1) is 0 Å². The number of amides is 1. The van der Waals surface area contributed by atoms with Gasteiger partial charge in [0, 0.05) is 0 Å². The van der Waals surface area contributed by atoms with Gasteiger partial charge in [0.05, 0.1) is 0 Å². The molecule has 1 fully saturated rings. The summed E-state index contributed by atoms with van der Waals surface area (Å²) in [4.78, 5) is 11.3. The van der Waals surface area contributed by atoms with Crippen LogP contribution in [0.2, 0.25) is 4.71 Å². The first kappa shape index (κ1) is 11.7. The molecule has 2 rings (SSSR count). The van der Waals surface area contributed by atoms with E-state index in [4.69, 9.17) is 10.5 Å². The minimum absolute atomic E-state index is 0.275. The Morgan fingerprint density at radius 2 is 2.00 bits per heavy atom. The molecule has 0 aromatic heterocycles. The number of ether oxygens (including phenoxy) is 1. The van der Waals surface area contributed by atoms with Crippen LogP contribution >= 0.6 is 0 Å². The van der Waals surface area contributed by atoms with E-state index in [1.54, 1.807) is 0 Å². The number of hydrogen-bond donors (Lipinski definition) is 1. The Morgan fingerprint density at radius 1 is 1.31 bits per heavy atom. The Hall–Kier alpha value is -0.792. The summed E-state index contributed by atoms with van der Waals surface area (Å²) in [6.07, 6.45) is 2.26. The van der Waals surface area contributed by atoms with E-state index < -0.39 is 0 Å². The molecule has 1 atom stereocenters. The maximum atomic E-state index is 11.3. The van der Waals surface area contributed by atoms with Crippen molar-refractivity contribution in [3.63, 3.8) is 0 Å². The van der Waals surface area contributed by atoms with Gasteiger partial charge in [-0.1, -0.05) is 0 Å². The van der Waals surface area contributed by atoms with Crippen LogP contribution in [0.15, 0.2) is 24.3 Å². The summed E-state index contributed by atoms with van der Waals surface area (Å²) in [5, 5.41) is 0. The third-order valence-corrected chi connectivity index (χ3v) is 6.41. The van der Waals surface area contributed by atoms with Crippen LogP contribution in [0.4, 0.5) is 0 Å². The summed E-state index contributed by atoms with van der Waals surface area (Å²) in [5.41, 5.74) is 6.09. The number of benzene rings is 1. The van der Waals surface area contributed by atoms with Gasteiger partial charge in [0.25, 0.3) is 0 Å². The normalized spacial score (nSPS) is 18.0. The molecule has 86 valence electrons. The zero-order valence-corrected chi connectivity index (χ0v) is 11.2. The van der Waals surface area contributed by atoms with E-state index in [0.717, 1.165) is 30.8 Å². The van der Waals surface area contributed by atoms with Gasteiger partial charge in [0.15, 0.2) is 0 Å². The molecule has 1 unspecified atom stereocenters. The van der Waals surface area contributed by atoms with Crippen molar-refractivity contribution in [2.75, 3.05) is 13.2 Å². The van der Waals surface area contributed by atoms with Crippen molar-refractivity contribution >= 4 is 26.0 Å². The first-order chi connectivity index (χ1) is 7.77. The molecule has 0 bridgehead atoms. The summed E-state index contributed by atoms with van der Waals surface area (Å²) in [6, 6.07) is 7.75. The van der Waals surface area contributed by atoms with Gasteiger partial charge in [0.1, 0.15) is 0 Å². The average Bonchev–Trinajstić information content (AvgIpc) is 2.31. The van der Waals surface area contributed by atoms with Crippen molar-refractivity contribution in [1.82, 2.24) is 0 Å². The van der Waals surface area contributed by atoms with Crippen molar-refractivity contribution in [2.24, 2.45) is 5.73 Å². The predicted octanol–water partition coefficient (Wildman–Crippen LogP) is 0.446. The van der Waals surface area contributed by atoms with Crippen molar-refractivity contribution in [2.45, 2.75) is 17.5 Å². The van der Waals surface area contributed by atoms with Gasteiger partial charge in [-0.2, -0.15) is 0 Å². The van der Waals surface area contributed by atoms with Gasteiger partial charge in [-0.3, -0.25) is 0 Å². The summed E-state index contributed by atoms with van der Waals surface area (Å²) < 4.78 is 7.28. The molecule has 1 aromatic rings. The number of carbonyl (C=O) groups is 1. The fraction of sp³-hybridized carbons (Fsp3) is 0.417. The van der Waals surface area contributed by atoms with Gasteiger partial charge in [-0.25, -0.2) is 0 Å². The molecule has 2 N–H and O–H groups in total. The van der Waals surface area contributed by atoms with Gasteiger partial charge < -0.3 is 0 Å². The second-order valence-corrected chi connectivity index (χ2v) is 7.39. The third-order valence-electron chi connectivity index (χ3n) is 2.77. The molecular weight excluding hydrogens is 265 g/mol. The molecule has 3 nitrogen and oxygen atoms in total. The van der Waals surface area contributed by atoms with Crippen molar-refractivity contribution in [1.29, 1.82) is 0 Å². The Labute approximate surface area is 102 Å². The van der Waals surface area contributed by atoms with Crippen LogP contribution in [-0.4, -0.2) is 34.9 Å². The summed E-state index contributed by atoms with van der Waals surface area (Å²) in [7, 11) is 0. The summed E-state index contributed by atoms with van der Waals surface area (Å²) in [6.45, 7) is 1.74. The molecule has 1 amide bonds. The first-order valence-corrected chi connectivity index (χ1v) is 7.76. The molecule has 4 heteroatoms. The SMILES string of the molecule is NC(=O)c1ccccc1[AsH]C1CCOCC1. The maximum absolute atomic E-state index is 11.3. The monoisotopic (exact) mass is 281 g/mol. The fourth-order valence-corrected chi connectivity index (χ4v) is 5.07. The molecule has 1 aliphatic heterocycles. The van der Waals surface area contributed by atoms with Crippen LogP contribution in [0.3, 0.4) is 0 Å². The van der Waals surface area contributed by atoms with E-state index in [0.29, 0.717) is 5.56 Å². The number of rotatable bonds is 3. The van der Waals surface area contributed by atoms with Crippen LogP contribution in [-0.2, 0) is 4.74 Å². The van der Waals surface area contributed by atoms with E-state index >= 15 is 0 Å². The molecule has 0 spiro atoms. The summed E-state index contributed by atoms with van der Waals surface area (Å²) >= 11 is -0.275. The van der Waals surface area contributed by atoms with E-state index in [-0.39, 0.29) is 21.7 Å². The molecule has 16 heavy (non-hydrogen) atoms. The Balaban J connectivity index is 2.10. The number of hydrogen-bond acceptors (Lipinski definition) is 2. The standard InChI is InChI=1S/C12H16AsNO2/c14-12(15)10-3-1-2-4-11(10)13-9-5-7-16-8-6-9/h1-4,9,13H,5-8H2,(H2,14,15). The third kappa shape index (κ3) is 2.87. The zero-order chi connectivity index (χ0) is 11.4. The van der Waals surface area contributed by atoms with Gasteiger partial charge in [-0.15, -0.1) is 0 Å². The van der Waals surface area contributed by atoms with Crippen LogP contribution in [0.25, 0.3) is 0 Å². The number of primary amides is 1. The quantitative estimate of drug-likeness (QED) is 0.818. The molecule has 1 saturated heterocycles. The molecule has 1 aromatic carbocycles. The molecule has 0 saturated carbocycles. The molecule has 1 heterocycles. The second kappa shape index (κ2) is 5.51. The first-order valence-electron chi connectivity index (χ1n) is 5.50. The number of nitrogens with two attached hydrogens (primary N) is 1. The van der Waals surface area contributed by atoms with Crippen LogP contribution in [0.1, 0.15) is 23.2 Å². The van der Waals surface area contributed by atoms with Gasteiger partial charge in [-0.05, 0) is 0 Å². The Kier molecular flexibility index (Phi) is 4.03. The molecule has 0 aliphatic carbocycles. The topological polar surface area (TPSA) is 52.3 Å². The zero-order valence-electron chi connectivity index (χ0n) is 9.11. The van der Waals surface area contributed by atoms with Gasteiger partial charge in [0.2, 0.25) is 0 Å². The minimum atomic E-state index is -0.300. The van der Waals surface area contributed by atoms with Crippen molar-refractivity contribution < 1.29 is 9.53 Å². The van der Waals surface area contributed by atoms with Crippen LogP contribution in [0.5, 0.6) is 0 Å². The van der Waals surface area contributed by atoms with Crippen molar-refractivity contribution in [3.8, 4) is 0 Å². The predicted molar refractivity (Wildman–Crippen MR) is 65.5 cm³/mol. The van der Waals surface area contributed by atoms with Crippen molar-refractivity contribution in [3.05, 3.63) is 29.8 Å². The Morgan fingerprint density at radius 3 is 2.69 bits per heavy atom. The van der Waals surface area contributed by atoms with E-state index in [2.05, 4.69) is 6.07 Å². The Bertz CT molecular complexity index is 375. The van der Waals surface area contributed by atoms with E-state index in [1.807, 2.05) is 18.2 Å². The fourth-order valence-electron chi connectivity index (χ4n) is 1.89. The molecular formula is C12H16AsNO2. The summed E-state index contributed by atoms with van der Waals surface area (Å²) in [5.74, 6) is -0.300. The van der Waals surface area contributed by atoms with E-state index in [9.17, 15) is 4.79 Å². The van der Waals surface area contributed by atoms with Crippen LogP contribution < -0.4 is 10.1 Å². The number of carbonyl (C=O) groups excluding carboxylic acids is 1. The molecule has 0 radical (unpaired) electrons. The molecule has 1 aliphatic rings. The average molecular weight is 281 g/mol.